The van der Waals surface area contributed by atoms with E-state index in [4.69, 9.17) is 5.73 Å². The fraction of sp³-hybridized carbons (Fsp3) is 0.188. The molecular weight excluding hydrogens is 353 g/mol. The second-order valence-corrected chi connectivity index (χ2v) is 5.24. The van der Waals surface area contributed by atoms with Gasteiger partial charge in [0.2, 0.25) is 0 Å². The van der Waals surface area contributed by atoms with Gasteiger partial charge in [0.1, 0.15) is 5.69 Å². The molecule has 0 unspecified atom stereocenters. The van der Waals surface area contributed by atoms with Gasteiger partial charge >= 0.3 is 6.18 Å². The van der Waals surface area contributed by atoms with Crippen molar-refractivity contribution in [3.8, 4) is 0 Å². The molecule has 0 heterocycles. The third kappa shape index (κ3) is 4.70. The van der Waals surface area contributed by atoms with Crippen LogP contribution in [0.1, 0.15) is 15.9 Å². The van der Waals surface area contributed by atoms with Crippen molar-refractivity contribution in [1.29, 1.82) is 0 Å². The van der Waals surface area contributed by atoms with Gasteiger partial charge in [0.05, 0.1) is 10.5 Å². The summed E-state index contributed by atoms with van der Waals surface area (Å²) < 4.78 is 38.1. The quantitative estimate of drug-likeness (QED) is 0.536. The van der Waals surface area contributed by atoms with Gasteiger partial charge in [0.25, 0.3) is 11.6 Å². The maximum atomic E-state index is 12.7. The van der Waals surface area contributed by atoms with E-state index in [-0.39, 0.29) is 29.2 Å². The monoisotopic (exact) mass is 368 g/mol. The van der Waals surface area contributed by atoms with Crippen LogP contribution in [0.25, 0.3) is 0 Å². The molecule has 7 nitrogen and oxygen atoms in total. The highest BCUT2D eigenvalue weighted by Gasteiger charge is 2.30. The summed E-state index contributed by atoms with van der Waals surface area (Å²) in [6.07, 6.45) is -4.55. The third-order valence-corrected chi connectivity index (χ3v) is 3.36. The molecule has 0 fully saturated rings. The Balaban J connectivity index is 2.24. The lowest BCUT2D eigenvalue weighted by Gasteiger charge is -2.11. The Bertz CT molecular complexity index is 825. The Labute approximate surface area is 146 Å². The summed E-state index contributed by atoms with van der Waals surface area (Å²) in [5.41, 5.74) is 4.14. The molecule has 0 spiro atoms. The van der Waals surface area contributed by atoms with Gasteiger partial charge < -0.3 is 16.4 Å². The summed E-state index contributed by atoms with van der Waals surface area (Å²) >= 11 is 0. The zero-order chi connectivity index (χ0) is 19.3. The van der Waals surface area contributed by atoms with Crippen LogP contribution in [0.2, 0.25) is 0 Å². The molecule has 2 aromatic carbocycles. The number of nitro benzene ring substituents is 1. The number of nitrogens with two attached hydrogens (primary N) is 1. The Morgan fingerprint density at radius 2 is 1.92 bits per heavy atom. The van der Waals surface area contributed by atoms with Gasteiger partial charge in [-0.25, -0.2) is 0 Å². The Kier molecular flexibility index (Phi) is 5.78. The summed E-state index contributed by atoms with van der Waals surface area (Å²) in [6.45, 7) is 0.561. The summed E-state index contributed by atoms with van der Waals surface area (Å²) in [5, 5.41) is 16.2. The molecule has 26 heavy (non-hydrogen) atoms. The maximum absolute atomic E-state index is 12.7. The molecule has 2 aromatic rings. The smallest absolute Gasteiger partial charge is 0.378 e. The topological polar surface area (TPSA) is 110 Å². The molecule has 0 aliphatic rings. The van der Waals surface area contributed by atoms with Gasteiger partial charge in [0.15, 0.2) is 0 Å². The van der Waals surface area contributed by atoms with E-state index in [0.29, 0.717) is 6.54 Å². The van der Waals surface area contributed by atoms with Crippen LogP contribution in [0.3, 0.4) is 0 Å². The number of alkyl halides is 3. The minimum Gasteiger partial charge on any atom is -0.378 e. The van der Waals surface area contributed by atoms with Crippen LogP contribution in [0.4, 0.5) is 30.2 Å². The Morgan fingerprint density at radius 3 is 2.54 bits per heavy atom. The van der Waals surface area contributed by atoms with Gasteiger partial charge in [0, 0.05) is 30.4 Å². The van der Waals surface area contributed by atoms with Crippen LogP contribution in [0, 0.1) is 10.1 Å². The van der Waals surface area contributed by atoms with Crippen LogP contribution in [-0.2, 0) is 6.18 Å². The van der Waals surface area contributed by atoms with Gasteiger partial charge in [-0.1, -0.05) is 6.07 Å². The van der Waals surface area contributed by atoms with Crippen molar-refractivity contribution in [2.45, 2.75) is 6.18 Å². The predicted molar refractivity (Wildman–Crippen MR) is 90.0 cm³/mol. The fourth-order valence-electron chi connectivity index (χ4n) is 2.16. The summed E-state index contributed by atoms with van der Waals surface area (Å²) in [7, 11) is 0. The Hall–Kier alpha value is -3.14. The van der Waals surface area contributed by atoms with Gasteiger partial charge in [-0.05, 0) is 30.3 Å². The number of rotatable bonds is 6. The van der Waals surface area contributed by atoms with Crippen LogP contribution >= 0.6 is 0 Å². The SMILES string of the molecule is NCCNc1ccc(C(=O)Nc2cccc(C(F)(F)F)c2)cc1[N+](=O)[O-]. The molecule has 10 heteroatoms. The molecule has 0 aliphatic carbocycles. The first-order chi connectivity index (χ1) is 12.2. The van der Waals surface area contributed by atoms with Crippen molar-refractivity contribution in [2.24, 2.45) is 5.73 Å². The van der Waals surface area contributed by atoms with Crippen molar-refractivity contribution in [3.63, 3.8) is 0 Å². The number of anilines is 2. The van der Waals surface area contributed by atoms with E-state index in [1.807, 2.05) is 0 Å². The number of nitrogens with one attached hydrogen (secondary N) is 2. The highest BCUT2D eigenvalue weighted by atomic mass is 19.4. The van der Waals surface area contributed by atoms with Crippen LogP contribution < -0.4 is 16.4 Å². The lowest BCUT2D eigenvalue weighted by atomic mass is 10.1. The van der Waals surface area contributed by atoms with E-state index in [1.165, 1.54) is 18.2 Å². The first kappa shape index (κ1) is 19.2. The molecule has 0 aromatic heterocycles. The molecule has 0 saturated heterocycles. The summed E-state index contributed by atoms with van der Waals surface area (Å²) in [6, 6.07) is 7.81. The van der Waals surface area contributed by atoms with E-state index in [1.54, 1.807) is 0 Å². The summed E-state index contributed by atoms with van der Waals surface area (Å²) in [4.78, 5) is 22.7. The molecule has 0 aliphatic heterocycles. The lowest BCUT2D eigenvalue weighted by Crippen LogP contribution is -2.16. The van der Waals surface area contributed by atoms with Gasteiger partial charge in [-0.2, -0.15) is 13.2 Å². The van der Waals surface area contributed by atoms with Crippen molar-refractivity contribution < 1.29 is 22.9 Å². The molecule has 138 valence electrons. The molecule has 2 rings (SSSR count). The number of benzene rings is 2. The molecule has 4 N–H and O–H groups in total. The van der Waals surface area contributed by atoms with E-state index in [0.717, 1.165) is 24.3 Å². The number of carbonyl (C=O) groups excluding carboxylic acids is 1. The van der Waals surface area contributed by atoms with Crippen molar-refractivity contribution in [1.82, 2.24) is 0 Å². The first-order valence-electron chi connectivity index (χ1n) is 7.43. The largest absolute Gasteiger partial charge is 0.416 e. The molecule has 0 atom stereocenters. The number of halogens is 3. The van der Waals surface area contributed by atoms with Crippen LogP contribution in [0.5, 0.6) is 0 Å². The van der Waals surface area contributed by atoms with Crippen molar-refractivity contribution in [3.05, 3.63) is 63.7 Å². The zero-order valence-electron chi connectivity index (χ0n) is 13.3. The average molecular weight is 368 g/mol. The fourth-order valence-corrected chi connectivity index (χ4v) is 2.16. The number of nitrogens with zero attached hydrogens (tertiary/aromatic N) is 1. The van der Waals surface area contributed by atoms with Crippen LogP contribution in [0.15, 0.2) is 42.5 Å². The third-order valence-electron chi connectivity index (χ3n) is 3.36. The number of carbonyl (C=O) groups is 1. The van der Waals surface area contributed by atoms with Crippen molar-refractivity contribution in [2.75, 3.05) is 23.7 Å². The number of hydrogen-bond donors (Lipinski definition) is 3. The first-order valence-corrected chi connectivity index (χ1v) is 7.43. The normalized spacial score (nSPS) is 11.1. The Morgan fingerprint density at radius 1 is 1.19 bits per heavy atom. The summed E-state index contributed by atoms with van der Waals surface area (Å²) in [5.74, 6) is -0.766. The molecule has 0 radical (unpaired) electrons. The van der Waals surface area contributed by atoms with Gasteiger partial charge in [-0.3, -0.25) is 14.9 Å². The van der Waals surface area contributed by atoms with Gasteiger partial charge in [-0.15, -0.1) is 0 Å². The maximum Gasteiger partial charge on any atom is 0.416 e. The van der Waals surface area contributed by atoms with E-state index >= 15 is 0 Å². The molecule has 0 bridgehead atoms. The van der Waals surface area contributed by atoms with E-state index in [9.17, 15) is 28.1 Å². The standard InChI is InChI=1S/C16H15F3N4O3/c17-16(18,19)11-2-1-3-12(9-11)22-15(24)10-4-5-13(21-7-6-20)14(8-10)23(25)26/h1-5,8-9,21H,6-7,20H2,(H,22,24). The highest BCUT2D eigenvalue weighted by Crippen LogP contribution is 2.31. The predicted octanol–water partition coefficient (Wildman–Crippen LogP) is 3.24. The molecule has 1 amide bonds. The van der Waals surface area contributed by atoms with Crippen LogP contribution in [-0.4, -0.2) is 23.9 Å². The molecule has 0 saturated carbocycles. The number of nitro groups is 1. The number of hydrogen-bond acceptors (Lipinski definition) is 5. The van der Waals surface area contributed by atoms with E-state index < -0.39 is 22.6 Å². The minimum absolute atomic E-state index is 0.0626. The minimum atomic E-state index is -4.55. The van der Waals surface area contributed by atoms with E-state index in [2.05, 4.69) is 10.6 Å². The average Bonchev–Trinajstić information content (AvgIpc) is 2.59. The zero-order valence-corrected chi connectivity index (χ0v) is 13.3. The second-order valence-electron chi connectivity index (χ2n) is 5.24. The van der Waals surface area contributed by atoms with Crippen molar-refractivity contribution >= 4 is 23.0 Å². The second kappa shape index (κ2) is 7.83. The lowest BCUT2D eigenvalue weighted by molar-refractivity contribution is -0.384. The highest BCUT2D eigenvalue weighted by molar-refractivity contribution is 6.05. The number of amides is 1. The molecular formula is C16H15F3N4O3.